The second-order valence-electron chi connectivity index (χ2n) is 13.6. The Morgan fingerprint density at radius 1 is 0.345 bits per heavy atom. The molecule has 0 aliphatic heterocycles. The van der Waals surface area contributed by atoms with Gasteiger partial charge in [-0.25, -0.2) is 0 Å². The van der Waals surface area contributed by atoms with Crippen LogP contribution in [0.15, 0.2) is 205 Å². The van der Waals surface area contributed by atoms with Crippen LogP contribution >= 0.6 is 0 Å². The first-order valence-electron chi connectivity index (χ1n) is 18.4. The molecule has 2 heterocycles. The molecule has 258 valence electrons. The van der Waals surface area contributed by atoms with Gasteiger partial charge in [0.05, 0.1) is 11.9 Å². The highest BCUT2D eigenvalue weighted by Gasteiger charge is 2.29. The maximum absolute atomic E-state index is 6.64. The van der Waals surface area contributed by atoms with Gasteiger partial charge >= 0.3 is 0 Å². The van der Waals surface area contributed by atoms with Crippen molar-refractivity contribution in [3.05, 3.63) is 200 Å². The highest BCUT2D eigenvalue weighted by atomic mass is 16.3. The SMILES string of the molecule is c1ccc(-c2ccccc2-c2c(-c3ccccc3)cc(-c3ccccc3)c(-c3c(-c4ccccc4)ccc4oc5ccccc5c34)c2-c2ccnnn2)cc1. The monoisotopic (exact) mass is 703 g/mol. The third-order valence-corrected chi connectivity index (χ3v) is 10.4. The zero-order valence-corrected chi connectivity index (χ0v) is 29.8. The average molecular weight is 704 g/mol. The largest absolute Gasteiger partial charge is 0.456 e. The number of rotatable bonds is 7. The Labute approximate surface area is 319 Å². The van der Waals surface area contributed by atoms with Gasteiger partial charge in [0.2, 0.25) is 0 Å². The number of hydrogen-bond donors (Lipinski definition) is 0. The van der Waals surface area contributed by atoms with Crippen LogP contribution in [0.25, 0.3) is 100.0 Å². The molecule has 0 fully saturated rings. The van der Waals surface area contributed by atoms with Crippen LogP contribution in [0.4, 0.5) is 0 Å². The van der Waals surface area contributed by atoms with E-state index in [0.717, 1.165) is 100.0 Å². The summed E-state index contributed by atoms with van der Waals surface area (Å²) in [6.45, 7) is 0. The Bertz CT molecular complexity index is 2940. The first-order chi connectivity index (χ1) is 27.3. The summed E-state index contributed by atoms with van der Waals surface area (Å²) in [5, 5.41) is 15.4. The van der Waals surface area contributed by atoms with Crippen LogP contribution in [-0.2, 0) is 0 Å². The lowest BCUT2D eigenvalue weighted by Crippen LogP contribution is -2.02. The number of aromatic nitrogens is 3. The van der Waals surface area contributed by atoms with Crippen molar-refractivity contribution in [1.82, 2.24) is 15.4 Å². The number of nitrogens with zero attached hydrogens (tertiary/aromatic N) is 3. The average Bonchev–Trinajstić information content (AvgIpc) is 3.66. The minimum atomic E-state index is 0.724. The van der Waals surface area contributed by atoms with Gasteiger partial charge in [0, 0.05) is 33.0 Å². The van der Waals surface area contributed by atoms with Gasteiger partial charge in [-0.1, -0.05) is 170 Å². The van der Waals surface area contributed by atoms with Crippen LogP contribution in [0.2, 0.25) is 0 Å². The highest BCUT2D eigenvalue weighted by Crippen LogP contribution is 2.55. The second kappa shape index (κ2) is 13.8. The van der Waals surface area contributed by atoms with Crippen molar-refractivity contribution < 1.29 is 4.42 Å². The predicted molar refractivity (Wildman–Crippen MR) is 225 cm³/mol. The molecule has 10 aromatic rings. The summed E-state index contributed by atoms with van der Waals surface area (Å²) in [5.41, 5.74) is 16.4. The number of fused-ring (bicyclic) bond motifs is 3. The Morgan fingerprint density at radius 2 is 0.873 bits per heavy atom. The van der Waals surface area contributed by atoms with Crippen LogP contribution in [-0.4, -0.2) is 15.4 Å². The molecule has 0 aliphatic carbocycles. The molecule has 0 radical (unpaired) electrons. The van der Waals surface area contributed by atoms with Gasteiger partial charge in [0.15, 0.2) is 0 Å². The predicted octanol–water partition coefficient (Wildman–Crippen LogP) is 13.4. The molecule has 55 heavy (non-hydrogen) atoms. The third kappa shape index (κ3) is 5.68. The van der Waals surface area contributed by atoms with Crippen molar-refractivity contribution >= 4 is 21.9 Å². The van der Waals surface area contributed by atoms with E-state index in [-0.39, 0.29) is 0 Å². The van der Waals surface area contributed by atoms with Gasteiger partial charge in [0.25, 0.3) is 0 Å². The van der Waals surface area contributed by atoms with Crippen molar-refractivity contribution in [3.8, 4) is 78.0 Å². The molecule has 8 aromatic carbocycles. The maximum Gasteiger partial charge on any atom is 0.136 e. The van der Waals surface area contributed by atoms with E-state index in [2.05, 4.69) is 192 Å². The minimum absolute atomic E-state index is 0.724. The fraction of sp³-hybridized carbons (Fsp3) is 0. The number of hydrogen-bond acceptors (Lipinski definition) is 4. The van der Waals surface area contributed by atoms with E-state index in [0.29, 0.717) is 0 Å². The van der Waals surface area contributed by atoms with Crippen LogP contribution < -0.4 is 0 Å². The van der Waals surface area contributed by atoms with Crippen LogP contribution in [0.1, 0.15) is 0 Å². The number of benzene rings is 8. The van der Waals surface area contributed by atoms with E-state index in [1.807, 2.05) is 12.1 Å². The molecule has 0 N–H and O–H groups in total. The van der Waals surface area contributed by atoms with E-state index in [1.54, 1.807) is 6.20 Å². The van der Waals surface area contributed by atoms with Gasteiger partial charge < -0.3 is 4.42 Å². The molecule has 0 aliphatic rings. The highest BCUT2D eigenvalue weighted by molar-refractivity contribution is 6.21. The first kappa shape index (κ1) is 32.2. The lowest BCUT2D eigenvalue weighted by molar-refractivity contribution is 0.669. The molecule has 4 heteroatoms. The molecule has 4 nitrogen and oxygen atoms in total. The zero-order chi connectivity index (χ0) is 36.6. The summed E-state index contributed by atoms with van der Waals surface area (Å²) in [6, 6.07) is 68.3. The van der Waals surface area contributed by atoms with E-state index in [4.69, 9.17) is 9.52 Å². The van der Waals surface area contributed by atoms with Gasteiger partial charge in [-0.15, -0.1) is 10.2 Å². The quantitative estimate of drug-likeness (QED) is 0.166. The molecule has 0 saturated carbocycles. The van der Waals surface area contributed by atoms with E-state index in [1.165, 1.54) is 0 Å². The number of furan rings is 1. The second-order valence-corrected chi connectivity index (χ2v) is 13.6. The molecule has 2 aromatic heterocycles. The topological polar surface area (TPSA) is 51.8 Å². The molecule has 10 rings (SSSR count). The van der Waals surface area contributed by atoms with Crippen molar-refractivity contribution in [2.45, 2.75) is 0 Å². The summed E-state index contributed by atoms with van der Waals surface area (Å²) < 4.78 is 6.64. The summed E-state index contributed by atoms with van der Waals surface area (Å²) in [5.74, 6) is 0. The number of para-hydroxylation sites is 1. The van der Waals surface area contributed by atoms with Crippen LogP contribution in [0.5, 0.6) is 0 Å². The van der Waals surface area contributed by atoms with Crippen LogP contribution in [0, 0.1) is 0 Å². The van der Waals surface area contributed by atoms with Crippen molar-refractivity contribution in [3.63, 3.8) is 0 Å². The molecule has 0 spiro atoms. The Hall–Kier alpha value is -7.43. The normalized spacial score (nSPS) is 11.3. The molecule has 0 bridgehead atoms. The van der Waals surface area contributed by atoms with Crippen molar-refractivity contribution in [1.29, 1.82) is 0 Å². The summed E-state index contributed by atoms with van der Waals surface area (Å²) in [4.78, 5) is 0. The fourth-order valence-electron chi connectivity index (χ4n) is 8.05. The molecular formula is C51H33N3O. The van der Waals surface area contributed by atoms with Gasteiger partial charge in [0.1, 0.15) is 11.2 Å². The summed E-state index contributed by atoms with van der Waals surface area (Å²) >= 11 is 0. The Balaban J connectivity index is 1.49. The van der Waals surface area contributed by atoms with Gasteiger partial charge in [-0.05, 0) is 79.5 Å². The lowest BCUT2D eigenvalue weighted by atomic mass is 9.76. The van der Waals surface area contributed by atoms with E-state index in [9.17, 15) is 0 Å². The Morgan fingerprint density at radius 3 is 1.49 bits per heavy atom. The van der Waals surface area contributed by atoms with E-state index >= 15 is 0 Å². The summed E-state index contributed by atoms with van der Waals surface area (Å²) in [6.07, 6.45) is 1.74. The molecule has 0 atom stereocenters. The molecule has 0 unspecified atom stereocenters. The zero-order valence-electron chi connectivity index (χ0n) is 29.8. The lowest BCUT2D eigenvalue weighted by Gasteiger charge is -2.26. The van der Waals surface area contributed by atoms with E-state index < -0.39 is 0 Å². The molecule has 0 amide bonds. The van der Waals surface area contributed by atoms with Crippen molar-refractivity contribution in [2.24, 2.45) is 0 Å². The Kier molecular flexibility index (Phi) is 8.12. The standard InChI is InChI=1S/C51H33N3O/c1-5-17-34(18-6-1)38-25-13-14-26-40(38)47-42(36-21-9-3-10-22-36)33-43(37-23-11-4-12-24-37)50(51(47)44-31-32-52-54-53-44)49-39(35-19-7-2-8-20-35)29-30-46-48(49)41-27-15-16-28-45(41)55-46/h1-33H. The van der Waals surface area contributed by atoms with Crippen molar-refractivity contribution in [2.75, 3.05) is 0 Å². The minimum Gasteiger partial charge on any atom is -0.456 e. The van der Waals surface area contributed by atoms with Gasteiger partial charge in [-0.3, -0.25) is 0 Å². The van der Waals surface area contributed by atoms with Gasteiger partial charge in [-0.2, -0.15) is 0 Å². The smallest absolute Gasteiger partial charge is 0.136 e. The fourth-order valence-corrected chi connectivity index (χ4v) is 8.05. The molecular weight excluding hydrogens is 671 g/mol. The molecule has 0 saturated heterocycles. The first-order valence-corrected chi connectivity index (χ1v) is 18.4. The maximum atomic E-state index is 6.64. The third-order valence-electron chi connectivity index (χ3n) is 10.4. The summed E-state index contributed by atoms with van der Waals surface area (Å²) in [7, 11) is 0. The van der Waals surface area contributed by atoms with Crippen LogP contribution in [0.3, 0.4) is 0 Å².